The second-order valence-electron chi connectivity index (χ2n) is 5.08. The highest BCUT2D eigenvalue weighted by Crippen LogP contribution is 2.32. The molecule has 0 amide bonds. The van der Waals surface area contributed by atoms with Gasteiger partial charge in [-0.1, -0.05) is 5.16 Å². The molecule has 0 aromatic carbocycles. The number of pyridine rings is 1. The first-order valence-corrected chi connectivity index (χ1v) is 5.95. The van der Waals surface area contributed by atoms with Gasteiger partial charge in [0.25, 0.3) is 0 Å². The molecule has 0 saturated carbocycles. The standard InChI is InChI=1S/C12H17F3N4O2/c1-11(2,6-20)19(3)10-7(9(16)18-21)4-5-8(17-10)12(13,14)15/h4-5,20-21H,6H2,1-3H3,(H2,16,18). The SMILES string of the molecule is CN(c1nc(C(F)(F)F)ccc1/C(N)=N/O)C(C)(C)CO. The Balaban J connectivity index is 3.50. The molecule has 0 saturated heterocycles. The van der Waals surface area contributed by atoms with E-state index in [0.29, 0.717) is 0 Å². The van der Waals surface area contributed by atoms with E-state index in [2.05, 4.69) is 10.1 Å². The molecule has 0 unspecified atom stereocenters. The van der Waals surface area contributed by atoms with E-state index in [1.54, 1.807) is 13.8 Å². The molecule has 0 fully saturated rings. The van der Waals surface area contributed by atoms with Gasteiger partial charge in [-0.2, -0.15) is 13.2 Å². The van der Waals surface area contributed by atoms with E-state index in [1.807, 2.05) is 0 Å². The molecule has 0 spiro atoms. The van der Waals surface area contributed by atoms with Gasteiger partial charge >= 0.3 is 6.18 Å². The Morgan fingerprint density at radius 1 is 1.38 bits per heavy atom. The van der Waals surface area contributed by atoms with Crippen LogP contribution in [0.15, 0.2) is 17.3 Å². The van der Waals surface area contributed by atoms with Crippen molar-refractivity contribution < 1.29 is 23.5 Å². The molecule has 0 radical (unpaired) electrons. The Bertz CT molecular complexity index is 544. The zero-order chi connectivity index (χ0) is 16.4. The lowest BCUT2D eigenvalue weighted by atomic mass is 10.0. The Kier molecular flexibility index (Phi) is 4.67. The molecule has 118 valence electrons. The molecule has 1 heterocycles. The molecule has 1 rings (SSSR count). The smallest absolute Gasteiger partial charge is 0.409 e. The monoisotopic (exact) mass is 306 g/mol. The molecular weight excluding hydrogens is 289 g/mol. The number of aliphatic hydroxyl groups is 1. The van der Waals surface area contributed by atoms with Crippen LogP contribution in [0.4, 0.5) is 19.0 Å². The van der Waals surface area contributed by atoms with Gasteiger partial charge in [-0.15, -0.1) is 0 Å². The summed E-state index contributed by atoms with van der Waals surface area (Å²) in [7, 11) is 1.47. The summed E-state index contributed by atoms with van der Waals surface area (Å²) in [6.07, 6.45) is -4.62. The fraction of sp³-hybridized carbons (Fsp3) is 0.500. The quantitative estimate of drug-likeness (QED) is 0.338. The topological polar surface area (TPSA) is 95.0 Å². The highest BCUT2D eigenvalue weighted by molar-refractivity contribution is 6.01. The lowest BCUT2D eigenvalue weighted by Gasteiger charge is -2.36. The van der Waals surface area contributed by atoms with Crippen LogP contribution in [0.5, 0.6) is 0 Å². The van der Waals surface area contributed by atoms with Crippen LogP contribution in [0.3, 0.4) is 0 Å². The van der Waals surface area contributed by atoms with Gasteiger partial charge in [0.1, 0.15) is 11.5 Å². The number of alkyl halides is 3. The van der Waals surface area contributed by atoms with E-state index in [9.17, 15) is 18.3 Å². The average molecular weight is 306 g/mol. The van der Waals surface area contributed by atoms with E-state index in [-0.39, 0.29) is 23.8 Å². The van der Waals surface area contributed by atoms with Crippen LogP contribution in [0.1, 0.15) is 25.1 Å². The van der Waals surface area contributed by atoms with Gasteiger partial charge in [0.05, 0.1) is 17.7 Å². The number of hydrogen-bond acceptors (Lipinski definition) is 5. The molecule has 1 aromatic heterocycles. The number of likely N-dealkylation sites (N-methyl/N-ethyl adjacent to an activating group) is 1. The Hall–Kier alpha value is -2.03. The van der Waals surface area contributed by atoms with Crippen LogP contribution in [0.2, 0.25) is 0 Å². The van der Waals surface area contributed by atoms with Gasteiger partial charge < -0.3 is 20.9 Å². The van der Waals surface area contributed by atoms with Crippen LogP contribution in [0, 0.1) is 0 Å². The zero-order valence-corrected chi connectivity index (χ0v) is 11.8. The van der Waals surface area contributed by atoms with E-state index < -0.39 is 17.4 Å². The second-order valence-corrected chi connectivity index (χ2v) is 5.08. The highest BCUT2D eigenvalue weighted by Gasteiger charge is 2.35. The summed E-state index contributed by atoms with van der Waals surface area (Å²) in [6, 6.07) is 1.82. The average Bonchev–Trinajstić information content (AvgIpc) is 2.43. The number of halogens is 3. The molecule has 0 aliphatic rings. The Morgan fingerprint density at radius 3 is 2.38 bits per heavy atom. The number of nitrogens with two attached hydrogens (primary N) is 1. The molecule has 21 heavy (non-hydrogen) atoms. The van der Waals surface area contributed by atoms with Crippen molar-refractivity contribution in [2.75, 3.05) is 18.6 Å². The Labute approximate surface area is 119 Å². The molecule has 0 atom stereocenters. The summed E-state index contributed by atoms with van der Waals surface area (Å²) >= 11 is 0. The van der Waals surface area contributed by atoms with Crippen LogP contribution in [-0.4, -0.2) is 40.3 Å². The van der Waals surface area contributed by atoms with Crippen LogP contribution < -0.4 is 10.6 Å². The predicted molar refractivity (Wildman–Crippen MR) is 71.3 cm³/mol. The second kappa shape index (κ2) is 5.76. The maximum Gasteiger partial charge on any atom is 0.433 e. The number of amidine groups is 1. The third-order valence-electron chi connectivity index (χ3n) is 3.16. The minimum Gasteiger partial charge on any atom is -0.409 e. The first kappa shape index (κ1) is 17.0. The molecule has 0 aliphatic carbocycles. The summed E-state index contributed by atoms with van der Waals surface area (Å²) < 4.78 is 38.3. The molecule has 0 bridgehead atoms. The predicted octanol–water partition coefficient (Wildman–Crippen LogP) is 1.40. The van der Waals surface area contributed by atoms with Crippen molar-refractivity contribution in [2.24, 2.45) is 10.9 Å². The van der Waals surface area contributed by atoms with Crippen molar-refractivity contribution in [3.05, 3.63) is 23.4 Å². The maximum atomic E-state index is 12.8. The minimum atomic E-state index is -4.62. The van der Waals surface area contributed by atoms with Crippen molar-refractivity contribution in [1.82, 2.24) is 4.98 Å². The molecule has 6 nitrogen and oxygen atoms in total. The lowest BCUT2D eigenvalue weighted by molar-refractivity contribution is -0.141. The molecular formula is C12H17F3N4O2. The number of oxime groups is 1. The molecule has 9 heteroatoms. The van der Waals surface area contributed by atoms with Gasteiger partial charge in [-0.25, -0.2) is 4.98 Å². The van der Waals surface area contributed by atoms with Crippen molar-refractivity contribution in [3.8, 4) is 0 Å². The van der Waals surface area contributed by atoms with E-state index >= 15 is 0 Å². The number of rotatable bonds is 4. The van der Waals surface area contributed by atoms with Crippen LogP contribution in [0.25, 0.3) is 0 Å². The largest absolute Gasteiger partial charge is 0.433 e. The minimum absolute atomic E-state index is 0.0366. The number of aromatic nitrogens is 1. The lowest BCUT2D eigenvalue weighted by Crippen LogP contribution is -2.46. The van der Waals surface area contributed by atoms with Crippen LogP contribution in [-0.2, 0) is 6.18 Å². The van der Waals surface area contributed by atoms with Gasteiger partial charge in [-0.3, -0.25) is 0 Å². The number of hydrogen-bond donors (Lipinski definition) is 3. The van der Waals surface area contributed by atoms with Crippen molar-refractivity contribution >= 4 is 11.7 Å². The number of aliphatic hydroxyl groups excluding tert-OH is 1. The van der Waals surface area contributed by atoms with Crippen LogP contribution >= 0.6 is 0 Å². The third kappa shape index (κ3) is 3.54. The summed E-state index contributed by atoms with van der Waals surface area (Å²) in [5.41, 5.74) is 3.51. The maximum absolute atomic E-state index is 12.8. The fourth-order valence-electron chi connectivity index (χ4n) is 1.51. The third-order valence-corrected chi connectivity index (χ3v) is 3.16. The van der Waals surface area contributed by atoms with Crippen molar-refractivity contribution in [3.63, 3.8) is 0 Å². The normalized spacial score (nSPS) is 13.4. The number of nitrogens with zero attached hydrogens (tertiary/aromatic N) is 3. The van der Waals surface area contributed by atoms with E-state index in [1.165, 1.54) is 11.9 Å². The first-order chi connectivity index (χ1) is 9.54. The summed E-state index contributed by atoms with van der Waals surface area (Å²) in [6.45, 7) is 2.91. The molecule has 1 aromatic rings. The summed E-state index contributed by atoms with van der Waals surface area (Å²) in [5, 5.41) is 20.9. The van der Waals surface area contributed by atoms with Crippen molar-refractivity contribution in [1.29, 1.82) is 0 Å². The van der Waals surface area contributed by atoms with E-state index in [0.717, 1.165) is 12.1 Å². The van der Waals surface area contributed by atoms with Gasteiger partial charge in [0, 0.05) is 7.05 Å². The zero-order valence-electron chi connectivity index (χ0n) is 11.8. The summed E-state index contributed by atoms with van der Waals surface area (Å²) in [4.78, 5) is 4.89. The number of anilines is 1. The Morgan fingerprint density at radius 2 is 1.95 bits per heavy atom. The fourth-order valence-corrected chi connectivity index (χ4v) is 1.51. The van der Waals surface area contributed by atoms with Crippen molar-refractivity contribution in [2.45, 2.75) is 25.6 Å². The molecule has 0 aliphatic heterocycles. The van der Waals surface area contributed by atoms with E-state index in [4.69, 9.17) is 10.9 Å². The highest BCUT2D eigenvalue weighted by atomic mass is 19.4. The van der Waals surface area contributed by atoms with Gasteiger partial charge in [-0.05, 0) is 26.0 Å². The van der Waals surface area contributed by atoms with Gasteiger partial charge in [0.2, 0.25) is 0 Å². The first-order valence-electron chi connectivity index (χ1n) is 5.95. The molecule has 4 N–H and O–H groups in total. The van der Waals surface area contributed by atoms with Gasteiger partial charge in [0.15, 0.2) is 5.84 Å². The summed E-state index contributed by atoms with van der Waals surface area (Å²) in [5.74, 6) is -0.508.